The number of hydrogen-bond acceptors (Lipinski definition) is 1. The second-order valence-corrected chi connectivity index (χ2v) is 5.53. The quantitative estimate of drug-likeness (QED) is 0.589. The molecule has 2 N–H and O–H groups in total. The number of nitrogens with zero attached hydrogens (tertiary/aromatic N) is 2. The zero-order valence-electron chi connectivity index (χ0n) is 10.7. The molecule has 1 aliphatic carbocycles. The van der Waals surface area contributed by atoms with Crippen LogP contribution < -0.4 is 5.73 Å². The maximum atomic E-state index is 6.09. The van der Waals surface area contributed by atoms with Crippen LogP contribution in [0.2, 0.25) is 0 Å². The fraction of sp³-hybridized carbons (Fsp3) is 0.923. The van der Waals surface area contributed by atoms with E-state index < -0.39 is 0 Å². The van der Waals surface area contributed by atoms with Crippen molar-refractivity contribution in [3.8, 4) is 0 Å². The van der Waals surface area contributed by atoms with Gasteiger partial charge in [-0.1, -0.05) is 20.3 Å². The molecule has 0 radical (unpaired) electrons. The molecule has 3 nitrogen and oxygen atoms in total. The van der Waals surface area contributed by atoms with E-state index in [4.69, 9.17) is 5.73 Å². The minimum absolute atomic E-state index is 0.539. The Kier molecular flexibility index (Phi) is 3.72. The van der Waals surface area contributed by atoms with Crippen molar-refractivity contribution in [2.24, 2.45) is 22.6 Å². The first-order chi connectivity index (χ1) is 7.70. The van der Waals surface area contributed by atoms with Crippen LogP contribution >= 0.6 is 0 Å². The highest BCUT2D eigenvalue weighted by atomic mass is 15.3. The molecule has 1 saturated heterocycles. The van der Waals surface area contributed by atoms with E-state index in [2.05, 4.69) is 23.7 Å². The number of guanidine groups is 1. The average Bonchev–Trinajstić information content (AvgIpc) is 2.97. The molecule has 1 unspecified atom stereocenters. The second-order valence-electron chi connectivity index (χ2n) is 5.53. The van der Waals surface area contributed by atoms with Gasteiger partial charge in [0.05, 0.1) is 6.04 Å². The van der Waals surface area contributed by atoms with Crippen LogP contribution in [0.4, 0.5) is 0 Å². The van der Waals surface area contributed by atoms with Crippen LogP contribution in [-0.4, -0.2) is 30.0 Å². The van der Waals surface area contributed by atoms with Gasteiger partial charge in [-0.05, 0) is 37.5 Å². The summed E-state index contributed by atoms with van der Waals surface area (Å²) in [5.41, 5.74) is 6.09. The third kappa shape index (κ3) is 2.89. The van der Waals surface area contributed by atoms with E-state index in [-0.39, 0.29) is 0 Å². The lowest BCUT2D eigenvalue weighted by molar-refractivity contribution is 0.270. The monoisotopic (exact) mass is 223 g/mol. The van der Waals surface area contributed by atoms with Gasteiger partial charge in [-0.25, -0.2) is 4.99 Å². The van der Waals surface area contributed by atoms with Crippen molar-refractivity contribution in [3.05, 3.63) is 0 Å². The zero-order valence-corrected chi connectivity index (χ0v) is 10.7. The van der Waals surface area contributed by atoms with Crippen LogP contribution in [0.1, 0.15) is 46.0 Å². The third-order valence-electron chi connectivity index (χ3n) is 3.82. The topological polar surface area (TPSA) is 41.6 Å². The summed E-state index contributed by atoms with van der Waals surface area (Å²) in [6.45, 7) is 6.75. The molecule has 2 rings (SSSR count). The summed E-state index contributed by atoms with van der Waals surface area (Å²) in [6.07, 6.45) is 6.46. The first kappa shape index (κ1) is 11.7. The number of piperidine rings is 1. The standard InChI is InChI=1S/C13H25N3/c1-3-5-11-8-12(11)15-13(14)16-7-4-6-10(2)9-16/h10-12H,3-9H2,1-2H3,(H2,14,15)/t10?,11-,12-/m1/s1. The van der Waals surface area contributed by atoms with Crippen LogP contribution in [-0.2, 0) is 0 Å². The molecule has 2 aliphatic rings. The molecule has 1 heterocycles. The molecule has 0 bridgehead atoms. The summed E-state index contributed by atoms with van der Waals surface area (Å²) in [7, 11) is 0. The Morgan fingerprint density at radius 2 is 2.31 bits per heavy atom. The fourth-order valence-electron chi connectivity index (χ4n) is 2.72. The minimum Gasteiger partial charge on any atom is -0.370 e. The highest BCUT2D eigenvalue weighted by Gasteiger charge is 2.36. The van der Waals surface area contributed by atoms with E-state index in [9.17, 15) is 0 Å². The van der Waals surface area contributed by atoms with Crippen molar-refractivity contribution >= 4 is 5.96 Å². The summed E-state index contributed by atoms with van der Waals surface area (Å²) in [5, 5.41) is 0. The fourth-order valence-corrected chi connectivity index (χ4v) is 2.72. The van der Waals surface area contributed by atoms with Crippen LogP contribution in [0.15, 0.2) is 4.99 Å². The minimum atomic E-state index is 0.539. The van der Waals surface area contributed by atoms with E-state index in [1.54, 1.807) is 0 Å². The summed E-state index contributed by atoms with van der Waals surface area (Å²) in [6, 6.07) is 0.539. The summed E-state index contributed by atoms with van der Waals surface area (Å²) < 4.78 is 0. The van der Waals surface area contributed by atoms with E-state index >= 15 is 0 Å². The van der Waals surface area contributed by atoms with E-state index in [0.29, 0.717) is 6.04 Å². The summed E-state index contributed by atoms with van der Waals surface area (Å²) >= 11 is 0. The van der Waals surface area contributed by atoms with Crippen molar-refractivity contribution in [2.75, 3.05) is 13.1 Å². The number of aliphatic imine (C=N–C) groups is 1. The maximum absolute atomic E-state index is 6.09. The SMILES string of the molecule is CCC[C@@H]1C[C@H]1N=C(N)N1CCCC(C)C1. The molecule has 92 valence electrons. The molecule has 0 spiro atoms. The molecule has 1 saturated carbocycles. The van der Waals surface area contributed by atoms with Crippen LogP contribution in [0.25, 0.3) is 0 Å². The Balaban J connectivity index is 1.82. The lowest BCUT2D eigenvalue weighted by Gasteiger charge is -2.31. The van der Waals surface area contributed by atoms with E-state index in [0.717, 1.165) is 30.9 Å². The first-order valence-electron chi connectivity index (χ1n) is 6.79. The van der Waals surface area contributed by atoms with E-state index in [1.165, 1.54) is 32.1 Å². The van der Waals surface area contributed by atoms with Crippen molar-refractivity contribution in [1.29, 1.82) is 0 Å². The highest BCUT2D eigenvalue weighted by Crippen LogP contribution is 2.37. The van der Waals surface area contributed by atoms with Gasteiger partial charge in [0, 0.05) is 13.1 Å². The predicted octanol–water partition coefficient (Wildman–Crippen LogP) is 2.22. The highest BCUT2D eigenvalue weighted by molar-refractivity contribution is 5.78. The Labute approximate surface area is 99.1 Å². The Morgan fingerprint density at radius 1 is 1.50 bits per heavy atom. The van der Waals surface area contributed by atoms with Gasteiger partial charge >= 0.3 is 0 Å². The molecule has 2 fully saturated rings. The molecule has 0 amide bonds. The van der Waals surface area contributed by atoms with E-state index in [1.807, 2.05) is 0 Å². The van der Waals surface area contributed by atoms with Crippen LogP contribution in [0.5, 0.6) is 0 Å². The normalized spacial score (nSPS) is 35.2. The average molecular weight is 223 g/mol. The number of likely N-dealkylation sites (tertiary alicyclic amines) is 1. The molecule has 0 aromatic rings. The Morgan fingerprint density at radius 3 is 3.00 bits per heavy atom. The smallest absolute Gasteiger partial charge is 0.191 e. The molecule has 0 aromatic carbocycles. The zero-order chi connectivity index (χ0) is 11.5. The van der Waals surface area contributed by atoms with Crippen molar-refractivity contribution < 1.29 is 0 Å². The molecule has 3 atom stereocenters. The lowest BCUT2D eigenvalue weighted by Crippen LogP contribution is -2.43. The molecule has 3 heteroatoms. The van der Waals surface area contributed by atoms with Gasteiger partial charge in [0.15, 0.2) is 5.96 Å². The van der Waals surface area contributed by atoms with Gasteiger partial charge in [0.2, 0.25) is 0 Å². The van der Waals surface area contributed by atoms with Gasteiger partial charge in [0.1, 0.15) is 0 Å². The van der Waals surface area contributed by atoms with Gasteiger partial charge in [-0.15, -0.1) is 0 Å². The van der Waals surface area contributed by atoms with Crippen molar-refractivity contribution in [3.63, 3.8) is 0 Å². The first-order valence-corrected chi connectivity index (χ1v) is 6.79. The molecular weight excluding hydrogens is 198 g/mol. The largest absolute Gasteiger partial charge is 0.370 e. The molecule has 0 aromatic heterocycles. The maximum Gasteiger partial charge on any atom is 0.191 e. The predicted molar refractivity (Wildman–Crippen MR) is 68.4 cm³/mol. The number of hydrogen-bond donors (Lipinski definition) is 1. The summed E-state index contributed by atoms with van der Waals surface area (Å²) in [5.74, 6) is 2.40. The van der Waals surface area contributed by atoms with Crippen molar-refractivity contribution in [2.45, 2.75) is 52.0 Å². The van der Waals surface area contributed by atoms with Gasteiger partial charge in [-0.3, -0.25) is 0 Å². The number of nitrogens with two attached hydrogens (primary N) is 1. The molecule has 1 aliphatic heterocycles. The number of rotatable bonds is 3. The van der Waals surface area contributed by atoms with Crippen LogP contribution in [0, 0.1) is 11.8 Å². The van der Waals surface area contributed by atoms with Gasteiger partial charge < -0.3 is 10.6 Å². The Hall–Kier alpha value is -0.730. The third-order valence-corrected chi connectivity index (χ3v) is 3.82. The molecule has 16 heavy (non-hydrogen) atoms. The summed E-state index contributed by atoms with van der Waals surface area (Å²) in [4.78, 5) is 6.94. The van der Waals surface area contributed by atoms with Crippen molar-refractivity contribution in [1.82, 2.24) is 4.90 Å². The lowest BCUT2D eigenvalue weighted by atomic mass is 10.0. The second kappa shape index (κ2) is 5.07. The van der Waals surface area contributed by atoms with Crippen LogP contribution in [0.3, 0.4) is 0 Å². The van der Waals surface area contributed by atoms with Gasteiger partial charge in [-0.2, -0.15) is 0 Å². The Bertz CT molecular complexity index is 262. The molecular formula is C13H25N3. The van der Waals surface area contributed by atoms with Gasteiger partial charge in [0.25, 0.3) is 0 Å².